The van der Waals surface area contributed by atoms with E-state index in [1.54, 1.807) is 6.07 Å². The molecule has 0 fully saturated rings. The molecule has 0 spiro atoms. The number of rotatable bonds is 6. The fourth-order valence-electron chi connectivity index (χ4n) is 1.85. The first-order chi connectivity index (χ1) is 7.15. The molecule has 0 bridgehead atoms. The van der Waals surface area contributed by atoms with Crippen LogP contribution in [0.5, 0.6) is 0 Å². The zero-order chi connectivity index (χ0) is 11.3. The van der Waals surface area contributed by atoms with Crippen molar-refractivity contribution in [3.8, 4) is 0 Å². The summed E-state index contributed by atoms with van der Waals surface area (Å²) in [5, 5.41) is 4.02. The number of hydrogen-bond donors (Lipinski definition) is 1. The van der Waals surface area contributed by atoms with Crippen LogP contribution in [0.4, 0.5) is 0 Å². The van der Waals surface area contributed by atoms with Crippen molar-refractivity contribution in [2.75, 3.05) is 0 Å². The van der Waals surface area contributed by atoms with Gasteiger partial charge in [0.1, 0.15) is 5.76 Å². The Hall–Kier alpha value is -0.470. The van der Waals surface area contributed by atoms with Crippen LogP contribution in [0, 0.1) is 0 Å². The van der Waals surface area contributed by atoms with Gasteiger partial charge in [-0.25, -0.2) is 0 Å². The largest absolute Gasteiger partial charge is 0.448 e. The van der Waals surface area contributed by atoms with Crippen molar-refractivity contribution in [3.05, 3.63) is 23.1 Å². The van der Waals surface area contributed by atoms with Crippen LogP contribution in [0.15, 0.2) is 16.5 Å². The monoisotopic (exact) mass is 229 g/mol. The first-order valence-electron chi connectivity index (χ1n) is 5.65. The Morgan fingerprint density at radius 3 is 2.20 bits per heavy atom. The highest BCUT2D eigenvalue weighted by molar-refractivity contribution is 6.28. The SMILES string of the molecule is CCC(CC)(CC)NCc1ccc(Cl)o1. The van der Waals surface area contributed by atoms with Crippen LogP contribution in [-0.4, -0.2) is 5.54 Å². The predicted octanol–water partition coefficient (Wildman–Crippen LogP) is 3.99. The van der Waals surface area contributed by atoms with Gasteiger partial charge in [-0.3, -0.25) is 0 Å². The Kier molecular flexibility index (Phi) is 4.68. The normalized spacial score (nSPS) is 12.0. The van der Waals surface area contributed by atoms with Crippen LogP contribution in [-0.2, 0) is 6.54 Å². The molecule has 0 amide bonds. The van der Waals surface area contributed by atoms with E-state index in [2.05, 4.69) is 26.1 Å². The van der Waals surface area contributed by atoms with Gasteiger partial charge in [-0.05, 0) is 43.0 Å². The highest BCUT2D eigenvalue weighted by Gasteiger charge is 2.22. The molecule has 0 unspecified atom stereocenters. The molecule has 2 nitrogen and oxygen atoms in total. The summed E-state index contributed by atoms with van der Waals surface area (Å²) in [5.41, 5.74) is 0.235. The van der Waals surface area contributed by atoms with Gasteiger partial charge in [0, 0.05) is 5.54 Å². The maximum absolute atomic E-state index is 5.72. The van der Waals surface area contributed by atoms with E-state index in [-0.39, 0.29) is 5.54 Å². The summed E-state index contributed by atoms with van der Waals surface area (Å²) in [5.74, 6) is 0.903. The van der Waals surface area contributed by atoms with Gasteiger partial charge in [-0.1, -0.05) is 20.8 Å². The van der Waals surface area contributed by atoms with Crippen LogP contribution in [0.25, 0.3) is 0 Å². The number of nitrogens with one attached hydrogen (secondary N) is 1. The van der Waals surface area contributed by atoms with Crippen molar-refractivity contribution in [1.29, 1.82) is 0 Å². The molecule has 1 aromatic rings. The Bertz CT molecular complexity index is 283. The van der Waals surface area contributed by atoms with Crippen LogP contribution in [0.2, 0.25) is 5.22 Å². The number of hydrogen-bond acceptors (Lipinski definition) is 2. The maximum atomic E-state index is 5.72. The summed E-state index contributed by atoms with van der Waals surface area (Å²) in [6.07, 6.45) is 3.40. The molecular weight excluding hydrogens is 210 g/mol. The predicted molar refractivity (Wildman–Crippen MR) is 64.2 cm³/mol. The molecule has 1 rings (SSSR count). The van der Waals surface area contributed by atoms with Gasteiger partial charge in [0.05, 0.1) is 6.54 Å². The second-order valence-electron chi connectivity index (χ2n) is 3.90. The molecule has 0 atom stereocenters. The Labute approximate surface area is 97.0 Å². The zero-order valence-corrected chi connectivity index (χ0v) is 10.5. The third-order valence-corrected chi connectivity index (χ3v) is 3.50. The molecule has 0 saturated carbocycles. The van der Waals surface area contributed by atoms with Crippen molar-refractivity contribution in [3.63, 3.8) is 0 Å². The molecular formula is C12H20ClNO. The van der Waals surface area contributed by atoms with Gasteiger partial charge < -0.3 is 9.73 Å². The van der Waals surface area contributed by atoms with E-state index < -0.39 is 0 Å². The molecule has 1 aromatic heterocycles. The van der Waals surface area contributed by atoms with Crippen molar-refractivity contribution >= 4 is 11.6 Å². The average molecular weight is 230 g/mol. The van der Waals surface area contributed by atoms with E-state index in [9.17, 15) is 0 Å². The number of halogens is 1. The van der Waals surface area contributed by atoms with E-state index in [4.69, 9.17) is 16.0 Å². The average Bonchev–Trinajstić information content (AvgIpc) is 2.67. The maximum Gasteiger partial charge on any atom is 0.193 e. The molecule has 0 aliphatic carbocycles. The summed E-state index contributed by atoms with van der Waals surface area (Å²) in [6, 6.07) is 3.70. The van der Waals surface area contributed by atoms with Crippen molar-refractivity contribution in [2.45, 2.75) is 52.1 Å². The standard InChI is InChI=1S/C12H20ClNO/c1-4-12(5-2,6-3)14-9-10-7-8-11(13)15-10/h7-8,14H,4-6,9H2,1-3H3. The highest BCUT2D eigenvalue weighted by Crippen LogP contribution is 2.21. The zero-order valence-electron chi connectivity index (χ0n) is 9.77. The van der Waals surface area contributed by atoms with Gasteiger partial charge >= 0.3 is 0 Å². The van der Waals surface area contributed by atoms with Crippen LogP contribution < -0.4 is 5.32 Å². The minimum atomic E-state index is 0.235. The van der Waals surface area contributed by atoms with Gasteiger partial charge in [0.25, 0.3) is 0 Å². The third-order valence-electron chi connectivity index (χ3n) is 3.30. The molecule has 1 heterocycles. The quantitative estimate of drug-likeness (QED) is 0.798. The van der Waals surface area contributed by atoms with Crippen LogP contribution in [0.3, 0.4) is 0 Å². The molecule has 0 aliphatic heterocycles. The Morgan fingerprint density at radius 2 is 1.80 bits per heavy atom. The lowest BCUT2D eigenvalue weighted by atomic mass is 9.90. The number of furan rings is 1. The lowest BCUT2D eigenvalue weighted by molar-refractivity contribution is 0.277. The Balaban J connectivity index is 2.54. The molecule has 0 aromatic carbocycles. The van der Waals surface area contributed by atoms with Crippen LogP contribution in [0.1, 0.15) is 45.8 Å². The lowest BCUT2D eigenvalue weighted by Crippen LogP contribution is -2.42. The highest BCUT2D eigenvalue weighted by atomic mass is 35.5. The summed E-state index contributed by atoms with van der Waals surface area (Å²) >= 11 is 5.72. The molecule has 0 aliphatic rings. The smallest absolute Gasteiger partial charge is 0.193 e. The topological polar surface area (TPSA) is 25.2 Å². The van der Waals surface area contributed by atoms with E-state index in [1.165, 1.54) is 0 Å². The van der Waals surface area contributed by atoms with E-state index in [0.717, 1.165) is 31.6 Å². The molecule has 1 N–H and O–H groups in total. The van der Waals surface area contributed by atoms with Crippen molar-refractivity contribution in [2.24, 2.45) is 0 Å². The van der Waals surface area contributed by atoms with Crippen molar-refractivity contribution < 1.29 is 4.42 Å². The van der Waals surface area contributed by atoms with Gasteiger partial charge in [0.2, 0.25) is 0 Å². The summed E-state index contributed by atoms with van der Waals surface area (Å²) in [6.45, 7) is 7.40. The summed E-state index contributed by atoms with van der Waals surface area (Å²) in [7, 11) is 0. The molecule has 3 heteroatoms. The van der Waals surface area contributed by atoms with E-state index >= 15 is 0 Å². The molecule has 0 radical (unpaired) electrons. The van der Waals surface area contributed by atoms with Gasteiger partial charge in [-0.15, -0.1) is 0 Å². The third kappa shape index (κ3) is 3.25. The fraction of sp³-hybridized carbons (Fsp3) is 0.667. The Morgan fingerprint density at radius 1 is 1.20 bits per heavy atom. The minimum absolute atomic E-state index is 0.235. The second-order valence-corrected chi connectivity index (χ2v) is 4.27. The van der Waals surface area contributed by atoms with E-state index in [1.807, 2.05) is 6.07 Å². The first kappa shape index (κ1) is 12.6. The molecule has 15 heavy (non-hydrogen) atoms. The molecule has 0 saturated heterocycles. The summed E-state index contributed by atoms with van der Waals surface area (Å²) < 4.78 is 5.32. The van der Waals surface area contributed by atoms with Crippen LogP contribution >= 0.6 is 11.6 Å². The van der Waals surface area contributed by atoms with E-state index in [0.29, 0.717) is 5.22 Å². The first-order valence-corrected chi connectivity index (χ1v) is 6.02. The summed E-state index contributed by atoms with van der Waals surface area (Å²) in [4.78, 5) is 0. The lowest BCUT2D eigenvalue weighted by Gasteiger charge is -2.31. The second kappa shape index (κ2) is 5.57. The molecule has 86 valence electrons. The van der Waals surface area contributed by atoms with Gasteiger partial charge in [-0.2, -0.15) is 0 Å². The minimum Gasteiger partial charge on any atom is -0.448 e. The van der Waals surface area contributed by atoms with Crippen molar-refractivity contribution in [1.82, 2.24) is 5.32 Å². The fourth-order valence-corrected chi connectivity index (χ4v) is 2.01. The van der Waals surface area contributed by atoms with Gasteiger partial charge in [0.15, 0.2) is 5.22 Å².